The van der Waals surface area contributed by atoms with Crippen molar-refractivity contribution in [1.82, 2.24) is 15.1 Å². The third-order valence-electron chi connectivity index (χ3n) is 5.67. The van der Waals surface area contributed by atoms with Crippen LogP contribution in [-0.2, 0) is 5.60 Å². The van der Waals surface area contributed by atoms with Crippen molar-refractivity contribution < 1.29 is 27.4 Å². The summed E-state index contributed by atoms with van der Waals surface area (Å²) in [6.07, 6.45) is -4.78. The molecule has 164 valence electrons. The lowest BCUT2D eigenvalue weighted by Gasteiger charge is -2.56. The molecular formula is C22H22F3N3O3. The van der Waals surface area contributed by atoms with E-state index in [4.69, 9.17) is 4.42 Å². The van der Waals surface area contributed by atoms with Gasteiger partial charge in [0.25, 0.3) is 0 Å². The van der Waals surface area contributed by atoms with E-state index in [2.05, 4.69) is 19.8 Å². The molecule has 1 N–H and O–H groups in total. The van der Waals surface area contributed by atoms with Crippen molar-refractivity contribution in [2.75, 3.05) is 20.1 Å². The highest BCUT2D eigenvalue weighted by Crippen LogP contribution is 2.50. The Morgan fingerprint density at radius 2 is 1.74 bits per heavy atom. The van der Waals surface area contributed by atoms with Crippen LogP contribution in [0.4, 0.5) is 13.2 Å². The number of likely N-dealkylation sites (tertiary alicyclic amines) is 1. The number of hydrogen-bond donors (Lipinski definition) is 1. The van der Waals surface area contributed by atoms with Crippen LogP contribution in [0.25, 0.3) is 11.5 Å². The van der Waals surface area contributed by atoms with E-state index in [1.54, 1.807) is 31.2 Å². The lowest BCUT2D eigenvalue weighted by Crippen LogP contribution is -2.63. The quantitative estimate of drug-likeness (QED) is 0.653. The minimum absolute atomic E-state index is 0.325. The zero-order chi connectivity index (χ0) is 22.4. The molecule has 1 fully saturated rings. The molecule has 6 nitrogen and oxygen atoms in total. The maximum absolute atomic E-state index is 12.5. The Labute approximate surface area is 177 Å². The van der Waals surface area contributed by atoms with Gasteiger partial charge in [0.05, 0.1) is 0 Å². The first-order valence-corrected chi connectivity index (χ1v) is 9.68. The van der Waals surface area contributed by atoms with Crippen LogP contribution in [0.2, 0.25) is 0 Å². The van der Waals surface area contributed by atoms with Crippen molar-refractivity contribution in [3.63, 3.8) is 0 Å². The van der Waals surface area contributed by atoms with Gasteiger partial charge in [-0.1, -0.05) is 31.2 Å². The molecule has 0 saturated carbocycles. The van der Waals surface area contributed by atoms with Crippen molar-refractivity contribution in [3.05, 3.63) is 65.5 Å². The lowest BCUT2D eigenvalue weighted by atomic mass is 9.62. The topological polar surface area (TPSA) is 71.6 Å². The van der Waals surface area contributed by atoms with Crippen LogP contribution >= 0.6 is 0 Å². The molecule has 0 radical (unpaired) electrons. The van der Waals surface area contributed by atoms with Crippen molar-refractivity contribution in [2.45, 2.75) is 25.8 Å². The molecule has 31 heavy (non-hydrogen) atoms. The highest BCUT2D eigenvalue weighted by atomic mass is 19.4. The molecule has 1 saturated heterocycles. The summed E-state index contributed by atoms with van der Waals surface area (Å²) in [5.74, 6) is 0.402. The van der Waals surface area contributed by atoms with Crippen LogP contribution < -0.4 is 4.74 Å². The number of aliphatic hydroxyl groups is 1. The fourth-order valence-corrected chi connectivity index (χ4v) is 4.43. The Morgan fingerprint density at radius 3 is 2.29 bits per heavy atom. The standard InChI is InChI=1S/C22H22F3N3O3/c1-14-26-27-19(30-14)15-5-4-6-17(11-15)21(29,20(2)12-28(3)13-20)16-7-9-18(10-8-16)31-22(23,24)25/h4-11,29H,12-13H2,1-3H3/t21-/m1/s1. The van der Waals surface area contributed by atoms with Crippen molar-refractivity contribution >= 4 is 0 Å². The summed E-state index contributed by atoms with van der Waals surface area (Å²) >= 11 is 0. The number of ether oxygens (including phenoxy) is 1. The van der Waals surface area contributed by atoms with E-state index in [1.807, 2.05) is 14.0 Å². The summed E-state index contributed by atoms with van der Waals surface area (Å²) in [5.41, 5.74) is -0.346. The van der Waals surface area contributed by atoms with Crippen LogP contribution in [0.5, 0.6) is 5.75 Å². The summed E-state index contributed by atoms with van der Waals surface area (Å²) in [7, 11) is 1.94. The second-order valence-electron chi connectivity index (χ2n) is 8.22. The van der Waals surface area contributed by atoms with Crippen molar-refractivity contribution in [2.24, 2.45) is 5.41 Å². The molecular weight excluding hydrogens is 411 g/mol. The molecule has 0 unspecified atom stereocenters. The average molecular weight is 433 g/mol. The van der Waals surface area contributed by atoms with Gasteiger partial charge < -0.3 is 19.2 Å². The second-order valence-corrected chi connectivity index (χ2v) is 8.22. The van der Waals surface area contributed by atoms with E-state index in [-0.39, 0.29) is 5.75 Å². The molecule has 1 aromatic heterocycles. The van der Waals surface area contributed by atoms with E-state index in [9.17, 15) is 18.3 Å². The Balaban J connectivity index is 1.78. The first-order valence-electron chi connectivity index (χ1n) is 9.68. The molecule has 4 rings (SSSR count). The van der Waals surface area contributed by atoms with Gasteiger partial charge in [-0.15, -0.1) is 23.4 Å². The third-order valence-corrected chi connectivity index (χ3v) is 5.67. The van der Waals surface area contributed by atoms with Crippen LogP contribution in [0, 0.1) is 12.3 Å². The highest BCUT2D eigenvalue weighted by Gasteiger charge is 2.55. The molecule has 2 aromatic carbocycles. The lowest BCUT2D eigenvalue weighted by molar-refractivity contribution is -0.274. The monoisotopic (exact) mass is 433 g/mol. The fraction of sp³-hybridized carbons (Fsp3) is 0.364. The number of aromatic nitrogens is 2. The van der Waals surface area contributed by atoms with Crippen LogP contribution in [0.1, 0.15) is 23.9 Å². The number of benzene rings is 2. The highest BCUT2D eigenvalue weighted by molar-refractivity contribution is 5.56. The van der Waals surface area contributed by atoms with Gasteiger partial charge in [-0.3, -0.25) is 0 Å². The van der Waals surface area contributed by atoms with Gasteiger partial charge in [0, 0.05) is 31.0 Å². The summed E-state index contributed by atoms with van der Waals surface area (Å²) < 4.78 is 47.1. The zero-order valence-corrected chi connectivity index (χ0v) is 17.3. The summed E-state index contributed by atoms with van der Waals surface area (Å²) in [5, 5.41) is 20.0. The molecule has 0 amide bonds. The van der Waals surface area contributed by atoms with Gasteiger partial charge in [-0.2, -0.15) is 0 Å². The molecule has 3 aromatic rings. The number of hydrogen-bond acceptors (Lipinski definition) is 6. The first-order chi connectivity index (χ1) is 14.5. The van der Waals surface area contributed by atoms with Gasteiger partial charge in [-0.25, -0.2) is 0 Å². The Hall–Kier alpha value is -2.91. The molecule has 1 aliphatic heterocycles. The second kappa shape index (κ2) is 7.35. The third kappa shape index (κ3) is 3.90. The Bertz CT molecular complexity index is 1080. The van der Waals surface area contributed by atoms with Crippen molar-refractivity contribution in [1.29, 1.82) is 0 Å². The number of nitrogens with zero attached hydrogens (tertiary/aromatic N) is 3. The number of rotatable bonds is 5. The number of aryl methyl sites for hydroxylation is 1. The summed E-state index contributed by atoms with van der Waals surface area (Å²) in [6.45, 7) is 4.85. The van der Waals surface area contributed by atoms with E-state index >= 15 is 0 Å². The zero-order valence-electron chi connectivity index (χ0n) is 17.3. The molecule has 1 atom stereocenters. The SMILES string of the molecule is Cc1nnc(-c2cccc([C@](O)(c3ccc(OC(F)(F)F)cc3)C3(C)CN(C)C3)c2)o1. The summed E-state index contributed by atoms with van der Waals surface area (Å²) in [4.78, 5) is 2.07. The molecule has 0 spiro atoms. The van der Waals surface area contributed by atoms with Crippen LogP contribution in [-0.4, -0.2) is 46.7 Å². The van der Waals surface area contributed by atoms with Crippen LogP contribution in [0.15, 0.2) is 52.9 Å². The molecule has 1 aliphatic rings. The predicted octanol–water partition coefficient (Wildman–Crippen LogP) is 4.13. The Kier molecular flexibility index (Phi) is 5.06. The van der Waals surface area contributed by atoms with Gasteiger partial charge >= 0.3 is 6.36 Å². The van der Waals surface area contributed by atoms with E-state index in [1.165, 1.54) is 24.3 Å². The molecule has 0 bridgehead atoms. The van der Waals surface area contributed by atoms with E-state index in [0.29, 0.717) is 41.6 Å². The van der Waals surface area contributed by atoms with Gasteiger partial charge in [0.1, 0.15) is 11.4 Å². The smallest absolute Gasteiger partial charge is 0.421 e. The normalized spacial score (nSPS) is 18.3. The van der Waals surface area contributed by atoms with Gasteiger partial charge in [0.2, 0.25) is 11.8 Å². The number of alkyl halides is 3. The fourth-order valence-electron chi connectivity index (χ4n) is 4.43. The minimum atomic E-state index is -4.78. The van der Waals surface area contributed by atoms with E-state index in [0.717, 1.165) is 0 Å². The average Bonchev–Trinajstić information content (AvgIpc) is 3.12. The van der Waals surface area contributed by atoms with Gasteiger partial charge in [-0.05, 0) is 42.4 Å². The molecule has 9 heteroatoms. The van der Waals surface area contributed by atoms with Crippen LogP contribution in [0.3, 0.4) is 0 Å². The minimum Gasteiger partial charge on any atom is -0.421 e. The largest absolute Gasteiger partial charge is 0.573 e. The maximum Gasteiger partial charge on any atom is 0.573 e. The van der Waals surface area contributed by atoms with Crippen molar-refractivity contribution in [3.8, 4) is 17.2 Å². The molecule has 0 aliphatic carbocycles. The summed E-state index contributed by atoms with van der Waals surface area (Å²) in [6, 6.07) is 12.5. The Morgan fingerprint density at radius 1 is 1.06 bits per heavy atom. The van der Waals surface area contributed by atoms with E-state index < -0.39 is 17.4 Å². The number of halogens is 3. The maximum atomic E-state index is 12.5. The first kappa shape index (κ1) is 21.3. The molecule has 2 heterocycles. The van der Waals surface area contributed by atoms with Gasteiger partial charge in [0.15, 0.2) is 0 Å². The predicted molar refractivity (Wildman–Crippen MR) is 106 cm³/mol.